The van der Waals surface area contributed by atoms with Gasteiger partial charge in [-0.25, -0.2) is 4.68 Å². The molecule has 148 valence electrons. The van der Waals surface area contributed by atoms with Crippen LogP contribution < -0.4 is 5.32 Å². The molecule has 28 heavy (non-hydrogen) atoms. The van der Waals surface area contributed by atoms with Gasteiger partial charge in [0.15, 0.2) is 0 Å². The van der Waals surface area contributed by atoms with Gasteiger partial charge in [0, 0.05) is 36.3 Å². The lowest BCUT2D eigenvalue weighted by atomic mass is 10.0. The Morgan fingerprint density at radius 3 is 2.71 bits per heavy atom. The lowest BCUT2D eigenvalue weighted by molar-refractivity contribution is -0.119. The molecular weight excluding hydrogens is 380 g/mol. The first-order valence-electron chi connectivity index (χ1n) is 9.59. The van der Waals surface area contributed by atoms with E-state index in [4.69, 9.17) is 16.3 Å². The van der Waals surface area contributed by atoms with E-state index >= 15 is 0 Å². The first-order chi connectivity index (χ1) is 13.6. The van der Waals surface area contributed by atoms with Gasteiger partial charge in [0.1, 0.15) is 5.82 Å². The molecule has 0 radical (unpaired) electrons. The topological polar surface area (TPSA) is 76.5 Å². The van der Waals surface area contributed by atoms with Gasteiger partial charge in [-0.05, 0) is 37.5 Å². The molecule has 0 unspecified atom stereocenters. The maximum absolute atomic E-state index is 12.7. The van der Waals surface area contributed by atoms with Gasteiger partial charge in [-0.2, -0.15) is 5.10 Å². The summed E-state index contributed by atoms with van der Waals surface area (Å²) in [6.07, 6.45) is 4.01. The zero-order chi connectivity index (χ0) is 19.5. The van der Waals surface area contributed by atoms with Crippen molar-refractivity contribution in [3.05, 3.63) is 47.1 Å². The Bertz CT molecular complexity index is 855. The summed E-state index contributed by atoms with van der Waals surface area (Å²) in [6.45, 7) is 2.39. The maximum atomic E-state index is 12.7. The molecule has 2 aliphatic rings. The smallest absolute Gasteiger partial charge is 0.253 e. The van der Waals surface area contributed by atoms with Gasteiger partial charge in [-0.15, -0.1) is 0 Å². The van der Waals surface area contributed by atoms with Crippen LogP contribution in [-0.2, 0) is 9.53 Å². The standard InChI is InChI=1S/C20H23ClN4O3/c21-16-3-1-2-14(12-16)20(27)24-9-5-17(6-10-24)25-18(4-8-22-25)23-19(26)15-7-11-28-13-15/h1-4,8,12,15,17H,5-7,9-11,13H2,(H,23,26)/t15-/m1/s1. The van der Waals surface area contributed by atoms with Crippen molar-refractivity contribution in [2.45, 2.75) is 25.3 Å². The quantitative estimate of drug-likeness (QED) is 0.852. The molecule has 2 amide bonds. The van der Waals surface area contributed by atoms with Gasteiger partial charge in [-0.3, -0.25) is 9.59 Å². The van der Waals surface area contributed by atoms with Gasteiger partial charge >= 0.3 is 0 Å². The van der Waals surface area contributed by atoms with Crippen LogP contribution in [0.3, 0.4) is 0 Å². The number of piperidine rings is 1. The predicted octanol–water partition coefficient (Wildman–Crippen LogP) is 2.99. The number of benzene rings is 1. The summed E-state index contributed by atoms with van der Waals surface area (Å²) >= 11 is 6.00. The second-order valence-electron chi connectivity index (χ2n) is 7.24. The van der Waals surface area contributed by atoms with E-state index in [-0.39, 0.29) is 23.8 Å². The second-order valence-corrected chi connectivity index (χ2v) is 7.68. The van der Waals surface area contributed by atoms with Crippen LogP contribution in [0.2, 0.25) is 5.02 Å². The molecule has 1 N–H and O–H groups in total. The van der Waals surface area contributed by atoms with Crippen LogP contribution in [0.25, 0.3) is 0 Å². The fourth-order valence-corrected chi connectivity index (χ4v) is 3.98. The molecule has 0 saturated carbocycles. The van der Waals surface area contributed by atoms with E-state index in [1.54, 1.807) is 30.5 Å². The number of halogens is 1. The number of rotatable bonds is 4. The number of nitrogens with zero attached hydrogens (tertiary/aromatic N) is 3. The minimum absolute atomic E-state index is 0.00354. The van der Waals surface area contributed by atoms with Crippen molar-refractivity contribution >= 4 is 29.2 Å². The summed E-state index contributed by atoms with van der Waals surface area (Å²) in [7, 11) is 0. The van der Waals surface area contributed by atoms with E-state index < -0.39 is 0 Å². The molecule has 1 aromatic heterocycles. The second kappa shape index (κ2) is 8.32. The van der Waals surface area contributed by atoms with Gasteiger partial charge < -0.3 is 15.0 Å². The normalized spacial score (nSPS) is 20.3. The fraction of sp³-hybridized carbons (Fsp3) is 0.450. The van der Waals surface area contributed by atoms with Crippen molar-refractivity contribution in [2.24, 2.45) is 5.92 Å². The summed E-state index contributed by atoms with van der Waals surface area (Å²) in [4.78, 5) is 26.9. The Morgan fingerprint density at radius 1 is 1.18 bits per heavy atom. The highest BCUT2D eigenvalue weighted by Crippen LogP contribution is 2.27. The minimum Gasteiger partial charge on any atom is -0.381 e. The summed E-state index contributed by atoms with van der Waals surface area (Å²) in [5, 5.41) is 7.95. The molecule has 0 spiro atoms. The highest BCUT2D eigenvalue weighted by molar-refractivity contribution is 6.30. The third kappa shape index (κ3) is 4.05. The largest absolute Gasteiger partial charge is 0.381 e. The Kier molecular flexibility index (Phi) is 5.64. The number of amides is 2. The summed E-state index contributed by atoms with van der Waals surface area (Å²) in [6, 6.07) is 9.00. The molecular formula is C20H23ClN4O3. The summed E-state index contributed by atoms with van der Waals surface area (Å²) in [5.74, 6) is 0.584. The van der Waals surface area contributed by atoms with Crippen molar-refractivity contribution in [3.8, 4) is 0 Å². The number of anilines is 1. The molecule has 8 heteroatoms. The Morgan fingerprint density at radius 2 is 2.00 bits per heavy atom. The van der Waals surface area contributed by atoms with Gasteiger partial charge in [-0.1, -0.05) is 17.7 Å². The van der Waals surface area contributed by atoms with E-state index in [1.165, 1.54) is 0 Å². The predicted molar refractivity (Wildman–Crippen MR) is 105 cm³/mol. The van der Waals surface area contributed by atoms with E-state index in [0.29, 0.717) is 42.7 Å². The SMILES string of the molecule is O=C(Nc1ccnn1C1CCN(C(=O)c2cccc(Cl)c2)CC1)[C@@H]1CCOC1. The average molecular weight is 403 g/mol. The third-order valence-electron chi connectivity index (χ3n) is 5.39. The lowest BCUT2D eigenvalue weighted by Crippen LogP contribution is -2.39. The minimum atomic E-state index is -0.0967. The van der Waals surface area contributed by atoms with Crippen molar-refractivity contribution < 1.29 is 14.3 Å². The molecule has 7 nitrogen and oxygen atoms in total. The Labute approximate surface area is 168 Å². The van der Waals surface area contributed by atoms with Crippen LogP contribution in [0.15, 0.2) is 36.5 Å². The summed E-state index contributed by atoms with van der Waals surface area (Å²) < 4.78 is 7.16. The van der Waals surface area contributed by atoms with Crippen molar-refractivity contribution in [2.75, 3.05) is 31.6 Å². The molecule has 4 rings (SSSR count). The van der Waals surface area contributed by atoms with Crippen LogP contribution in [0.5, 0.6) is 0 Å². The maximum Gasteiger partial charge on any atom is 0.253 e. The molecule has 2 fully saturated rings. The van der Waals surface area contributed by atoms with Gasteiger partial charge in [0.2, 0.25) is 5.91 Å². The van der Waals surface area contributed by atoms with Crippen LogP contribution in [0, 0.1) is 5.92 Å². The number of hydrogen-bond acceptors (Lipinski definition) is 4. The number of ether oxygens (including phenoxy) is 1. The van der Waals surface area contributed by atoms with Crippen LogP contribution in [0.1, 0.15) is 35.7 Å². The number of hydrogen-bond donors (Lipinski definition) is 1. The van der Waals surface area contributed by atoms with Crippen LogP contribution >= 0.6 is 11.6 Å². The first kappa shape index (κ1) is 19.0. The van der Waals surface area contributed by atoms with E-state index in [9.17, 15) is 9.59 Å². The van der Waals surface area contributed by atoms with Crippen molar-refractivity contribution in [3.63, 3.8) is 0 Å². The molecule has 1 atom stereocenters. The molecule has 2 aliphatic heterocycles. The van der Waals surface area contributed by atoms with Gasteiger partial charge in [0.25, 0.3) is 5.91 Å². The van der Waals surface area contributed by atoms with Crippen LogP contribution in [0.4, 0.5) is 5.82 Å². The van der Waals surface area contributed by atoms with Crippen molar-refractivity contribution in [1.29, 1.82) is 0 Å². The lowest BCUT2D eigenvalue weighted by Gasteiger charge is -2.33. The molecule has 2 saturated heterocycles. The average Bonchev–Trinajstić information content (AvgIpc) is 3.40. The number of nitrogens with one attached hydrogen (secondary N) is 1. The fourth-order valence-electron chi connectivity index (χ4n) is 3.79. The molecule has 0 aliphatic carbocycles. The number of aromatic nitrogens is 2. The van der Waals surface area contributed by atoms with Crippen molar-refractivity contribution in [1.82, 2.24) is 14.7 Å². The molecule has 3 heterocycles. The van der Waals surface area contributed by atoms with Gasteiger partial charge in [0.05, 0.1) is 24.8 Å². The number of likely N-dealkylation sites (tertiary alicyclic amines) is 1. The Hall–Kier alpha value is -2.38. The number of carbonyl (C=O) groups excluding carboxylic acids is 2. The zero-order valence-electron chi connectivity index (χ0n) is 15.5. The molecule has 1 aromatic carbocycles. The molecule has 2 aromatic rings. The van der Waals surface area contributed by atoms with E-state index in [0.717, 1.165) is 19.3 Å². The summed E-state index contributed by atoms with van der Waals surface area (Å²) in [5.41, 5.74) is 0.608. The first-order valence-corrected chi connectivity index (χ1v) is 9.96. The van der Waals surface area contributed by atoms with E-state index in [1.807, 2.05) is 15.6 Å². The molecule has 0 bridgehead atoms. The Balaban J connectivity index is 1.37. The monoisotopic (exact) mass is 402 g/mol. The highest BCUT2D eigenvalue weighted by atomic mass is 35.5. The number of carbonyl (C=O) groups is 2. The zero-order valence-corrected chi connectivity index (χ0v) is 16.3. The third-order valence-corrected chi connectivity index (χ3v) is 5.63. The highest BCUT2D eigenvalue weighted by Gasteiger charge is 2.28. The van der Waals surface area contributed by atoms with Crippen LogP contribution in [-0.4, -0.2) is 52.8 Å². The van der Waals surface area contributed by atoms with E-state index in [2.05, 4.69) is 10.4 Å².